The van der Waals surface area contributed by atoms with Crippen molar-refractivity contribution in [3.8, 4) is 0 Å². The number of carboxylic acid groups (broad SMARTS) is 1. The number of amides is 2. The number of hydrogen-bond acceptors (Lipinski definition) is 4. The molecule has 0 spiro atoms. The number of nitrogens with zero attached hydrogens (tertiary/aromatic N) is 1. The van der Waals surface area contributed by atoms with Crippen LogP contribution in [-0.4, -0.2) is 52.9 Å². The van der Waals surface area contributed by atoms with Crippen molar-refractivity contribution in [3.05, 3.63) is 29.3 Å². The molecule has 0 aliphatic rings. The summed E-state index contributed by atoms with van der Waals surface area (Å²) in [6, 6.07) is 5.69. The molecule has 23 heavy (non-hydrogen) atoms. The number of thioether (sulfide) groups is 1. The number of benzene rings is 1. The predicted octanol–water partition coefficient (Wildman–Crippen LogP) is 1.91. The van der Waals surface area contributed by atoms with Crippen molar-refractivity contribution in [2.75, 3.05) is 30.4 Å². The average Bonchev–Trinajstić information content (AvgIpc) is 2.48. The van der Waals surface area contributed by atoms with E-state index in [0.717, 1.165) is 16.8 Å². The number of carbonyl (C=O) groups excluding carboxylic acids is 2. The minimum absolute atomic E-state index is 0.0832. The fourth-order valence-electron chi connectivity index (χ4n) is 1.75. The third kappa shape index (κ3) is 7.19. The van der Waals surface area contributed by atoms with Gasteiger partial charge in [-0.25, -0.2) is 0 Å². The predicted molar refractivity (Wildman–Crippen MR) is 91.8 cm³/mol. The van der Waals surface area contributed by atoms with E-state index >= 15 is 0 Å². The molecule has 0 fully saturated rings. The third-order valence-electron chi connectivity index (χ3n) is 3.34. The molecule has 2 N–H and O–H groups in total. The number of hydrogen-bond donors (Lipinski definition) is 2. The van der Waals surface area contributed by atoms with Gasteiger partial charge in [0, 0.05) is 19.3 Å². The Morgan fingerprint density at radius 3 is 2.48 bits per heavy atom. The van der Waals surface area contributed by atoms with Crippen molar-refractivity contribution in [1.29, 1.82) is 0 Å². The normalized spacial score (nSPS) is 10.2. The first kappa shape index (κ1) is 19.0. The monoisotopic (exact) mass is 338 g/mol. The number of rotatable bonds is 8. The molecule has 0 heterocycles. The summed E-state index contributed by atoms with van der Waals surface area (Å²) in [6.07, 6.45) is -0.0832. The summed E-state index contributed by atoms with van der Waals surface area (Å²) in [5, 5.41) is 11.4. The fraction of sp³-hybridized carbons (Fsp3) is 0.438. The molecule has 0 atom stereocenters. The standard InChI is InChI=1S/C16H22N2O4S/c1-11-4-5-13(8-12(11)2)17-14(19)9-23-10-15(20)18(3)7-6-16(21)22/h4-5,8H,6-7,9-10H2,1-3H3,(H,17,19)(H,21,22). The van der Waals surface area contributed by atoms with Crippen molar-refractivity contribution < 1.29 is 19.5 Å². The van der Waals surface area contributed by atoms with Gasteiger partial charge in [0.15, 0.2) is 0 Å². The Morgan fingerprint density at radius 2 is 1.87 bits per heavy atom. The second-order valence-electron chi connectivity index (χ2n) is 5.30. The van der Waals surface area contributed by atoms with Crippen molar-refractivity contribution in [3.63, 3.8) is 0 Å². The van der Waals surface area contributed by atoms with Gasteiger partial charge in [0.05, 0.1) is 17.9 Å². The van der Waals surface area contributed by atoms with Crippen LogP contribution in [0.1, 0.15) is 17.5 Å². The van der Waals surface area contributed by atoms with Gasteiger partial charge in [-0.2, -0.15) is 0 Å². The van der Waals surface area contributed by atoms with Crippen LogP contribution in [0.2, 0.25) is 0 Å². The molecular weight excluding hydrogens is 316 g/mol. The summed E-state index contributed by atoms with van der Waals surface area (Å²) in [6.45, 7) is 4.15. The summed E-state index contributed by atoms with van der Waals surface area (Å²) in [5.41, 5.74) is 3.00. The second-order valence-corrected chi connectivity index (χ2v) is 6.28. The smallest absolute Gasteiger partial charge is 0.305 e. The van der Waals surface area contributed by atoms with Gasteiger partial charge in [0.1, 0.15) is 0 Å². The topological polar surface area (TPSA) is 86.7 Å². The lowest BCUT2D eigenvalue weighted by Gasteiger charge is -2.15. The van der Waals surface area contributed by atoms with Crippen molar-refractivity contribution in [2.24, 2.45) is 0 Å². The third-order valence-corrected chi connectivity index (χ3v) is 4.25. The molecule has 1 rings (SSSR count). The Bertz CT molecular complexity index is 589. The maximum Gasteiger partial charge on any atom is 0.305 e. The van der Waals surface area contributed by atoms with E-state index in [1.165, 1.54) is 16.7 Å². The van der Waals surface area contributed by atoms with E-state index in [1.54, 1.807) is 7.05 Å². The maximum atomic E-state index is 11.8. The van der Waals surface area contributed by atoms with E-state index in [-0.39, 0.29) is 36.3 Å². The van der Waals surface area contributed by atoms with E-state index in [0.29, 0.717) is 0 Å². The number of aryl methyl sites for hydroxylation is 2. The molecule has 0 bridgehead atoms. The minimum atomic E-state index is -0.940. The molecule has 1 aromatic carbocycles. The van der Waals surface area contributed by atoms with Crippen LogP contribution in [0.3, 0.4) is 0 Å². The lowest BCUT2D eigenvalue weighted by Crippen LogP contribution is -2.30. The molecule has 0 aliphatic carbocycles. The van der Waals surface area contributed by atoms with E-state index < -0.39 is 5.97 Å². The Morgan fingerprint density at radius 1 is 1.17 bits per heavy atom. The summed E-state index contributed by atoms with van der Waals surface area (Å²) in [5.74, 6) is -0.971. The summed E-state index contributed by atoms with van der Waals surface area (Å²) >= 11 is 1.21. The number of carbonyl (C=O) groups is 3. The van der Waals surface area contributed by atoms with Gasteiger partial charge in [-0.3, -0.25) is 14.4 Å². The second kappa shape index (κ2) is 9.19. The lowest BCUT2D eigenvalue weighted by molar-refractivity contribution is -0.137. The van der Waals surface area contributed by atoms with Crippen LogP contribution >= 0.6 is 11.8 Å². The van der Waals surface area contributed by atoms with Gasteiger partial charge in [-0.15, -0.1) is 11.8 Å². The molecule has 126 valence electrons. The van der Waals surface area contributed by atoms with Crippen LogP contribution in [0.5, 0.6) is 0 Å². The Labute approximate surface area is 140 Å². The molecule has 7 heteroatoms. The molecule has 0 unspecified atom stereocenters. The van der Waals surface area contributed by atoms with Crippen LogP contribution in [-0.2, 0) is 14.4 Å². The van der Waals surface area contributed by atoms with E-state index in [9.17, 15) is 14.4 Å². The largest absolute Gasteiger partial charge is 0.481 e. The highest BCUT2D eigenvalue weighted by Gasteiger charge is 2.11. The Kier molecular flexibility index (Phi) is 7.61. The Hall–Kier alpha value is -2.02. The number of aliphatic carboxylic acids is 1. The van der Waals surface area contributed by atoms with Gasteiger partial charge in [-0.05, 0) is 37.1 Å². The van der Waals surface area contributed by atoms with Crippen LogP contribution in [0, 0.1) is 13.8 Å². The quantitative estimate of drug-likeness (QED) is 0.756. The van der Waals surface area contributed by atoms with Gasteiger partial charge in [0.2, 0.25) is 11.8 Å². The van der Waals surface area contributed by atoms with Crippen molar-refractivity contribution in [1.82, 2.24) is 4.90 Å². The molecule has 0 saturated heterocycles. The van der Waals surface area contributed by atoms with Crippen LogP contribution in [0.4, 0.5) is 5.69 Å². The number of nitrogens with one attached hydrogen (secondary N) is 1. The van der Waals surface area contributed by atoms with E-state index in [2.05, 4.69) is 5.32 Å². The maximum absolute atomic E-state index is 11.8. The zero-order chi connectivity index (χ0) is 17.4. The molecular formula is C16H22N2O4S. The minimum Gasteiger partial charge on any atom is -0.481 e. The van der Waals surface area contributed by atoms with E-state index in [1.807, 2.05) is 32.0 Å². The fourth-order valence-corrected chi connectivity index (χ4v) is 2.50. The first-order valence-corrected chi connectivity index (χ1v) is 8.35. The Balaban J connectivity index is 2.31. The van der Waals surface area contributed by atoms with Crippen molar-refractivity contribution >= 4 is 35.2 Å². The number of anilines is 1. The van der Waals surface area contributed by atoms with Gasteiger partial charge >= 0.3 is 5.97 Å². The SMILES string of the molecule is Cc1ccc(NC(=O)CSCC(=O)N(C)CCC(=O)O)cc1C. The highest BCUT2D eigenvalue weighted by molar-refractivity contribution is 8.00. The van der Waals surface area contributed by atoms with Gasteiger partial charge in [0.25, 0.3) is 0 Å². The highest BCUT2D eigenvalue weighted by Crippen LogP contribution is 2.14. The molecule has 0 saturated carbocycles. The summed E-state index contributed by atoms with van der Waals surface area (Å²) in [7, 11) is 1.56. The molecule has 0 aromatic heterocycles. The van der Waals surface area contributed by atoms with Crippen LogP contribution in [0.25, 0.3) is 0 Å². The van der Waals surface area contributed by atoms with Gasteiger partial charge < -0.3 is 15.3 Å². The van der Waals surface area contributed by atoms with Crippen LogP contribution < -0.4 is 5.32 Å². The number of carboxylic acids is 1. The van der Waals surface area contributed by atoms with Crippen LogP contribution in [0.15, 0.2) is 18.2 Å². The summed E-state index contributed by atoms with van der Waals surface area (Å²) in [4.78, 5) is 35.4. The zero-order valence-corrected chi connectivity index (χ0v) is 14.4. The lowest BCUT2D eigenvalue weighted by atomic mass is 10.1. The molecule has 0 aliphatic heterocycles. The van der Waals surface area contributed by atoms with Crippen molar-refractivity contribution in [2.45, 2.75) is 20.3 Å². The average molecular weight is 338 g/mol. The van der Waals surface area contributed by atoms with Gasteiger partial charge in [-0.1, -0.05) is 6.07 Å². The molecule has 6 nitrogen and oxygen atoms in total. The highest BCUT2D eigenvalue weighted by atomic mass is 32.2. The first-order valence-electron chi connectivity index (χ1n) is 7.20. The zero-order valence-electron chi connectivity index (χ0n) is 13.6. The molecule has 1 aromatic rings. The first-order chi connectivity index (χ1) is 10.8. The molecule has 0 radical (unpaired) electrons. The summed E-state index contributed by atoms with van der Waals surface area (Å²) < 4.78 is 0. The molecule has 2 amide bonds. The van der Waals surface area contributed by atoms with E-state index in [4.69, 9.17) is 5.11 Å².